The molecule has 0 N–H and O–H groups in total. The first-order chi connectivity index (χ1) is 7.57. The van der Waals surface area contributed by atoms with E-state index in [-0.39, 0.29) is 5.41 Å². The van der Waals surface area contributed by atoms with Gasteiger partial charge in [0, 0.05) is 5.56 Å². The molecule has 0 fully saturated rings. The summed E-state index contributed by atoms with van der Waals surface area (Å²) in [6.07, 6.45) is 6.07. The van der Waals surface area contributed by atoms with Crippen LogP contribution in [0.2, 0.25) is 0 Å². The monoisotopic (exact) mass is 214 g/mol. The zero-order chi connectivity index (χ0) is 11.6. The number of benzene rings is 1. The second-order valence-electron chi connectivity index (χ2n) is 5.10. The summed E-state index contributed by atoms with van der Waals surface area (Å²) in [6.45, 7) is 7.35. The highest BCUT2D eigenvalue weighted by atomic mass is 16.5. The van der Waals surface area contributed by atoms with Crippen molar-refractivity contribution in [1.29, 1.82) is 0 Å². The molecule has 1 aliphatic heterocycles. The molecule has 1 aromatic carbocycles. The topological polar surface area (TPSA) is 9.23 Å². The van der Waals surface area contributed by atoms with Crippen molar-refractivity contribution >= 4 is 5.76 Å². The Morgan fingerprint density at radius 3 is 2.62 bits per heavy atom. The largest absolute Gasteiger partial charge is 0.489 e. The molecule has 0 saturated heterocycles. The third-order valence-electron chi connectivity index (χ3n) is 2.73. The van der Waals surface area contributed by atoms with E-state index in [9.17, 15) is 0 Å². The summed E-state index contributed by atoms with van der Waals surface area (Å²) in [5.41, 5.74) is 2.68. The molecule has 0 saturated carbocycles. The number of ether oxygens (including phenoxy) is 1. The summed E-state index contributed by atoms with van der Waals surface area (Å²) < 4.78 is 5.61. The molecule has 1 nitrogen and oxygen atoms in total. The summed E-state index contributed by atoms with van der Waals surface area (Å²) in [5, 5.41) is 0. The third-order valence-corrected chi connectivity index (χ3v) is 2.73. The van der Waals surface area contributed by atoms with E-state index in [1.165, 1.54) is 5.56 Å². The van der Waals surface area contributed by atoms with Crippen molar-refractivity contribution in [3.63, 3.8) is 0 Å². The van der Waals surface area contributed by atoms with Gasteiger partial charge in [-0.15, -0.1) is 0 Å². The minimum absolute atomic E-state index is 0.182. The molecule has 0 amide bonds. The summed E-state index contributed by atoms with van der Waals surface area (Å²) in [7, 11) is 0. The number of allylic oxidation sites excluding steroid dienone is 2. The van der Waals surface area contributed by atoms with E-state index in [4.69, 9.17) is 4.74 Å². The molecule has 0 radical (unpaired) electrons. The van der Waals surface area contributed by atoms with Crippen LogP contribution in [0.15, 0.2) is 42.5 Å². The van der Waals surface area contributed by atoms with Crippen LogP contribution < -0.4 is 0 Å². The van der Waals surface area contributed by atoms with E-state index in [0.29, 0.717) is 6.61 Å². The maximum Gasteiger partial charge on any atom is 0.126 e. The van der Waals surface area contributed by atoms with Crippen molar-refractivity contribution in [3.8, 4) is 0 Å². The minimum Gasteiger partial charge on any atom is -0.489 e. The minimum atomic E-state index is 0.182. The standard InChI is InChI=1S/C15H18O/c1-15(2,3)13-8-6-7-12(11-13)14-9-4-5-10-16-14/h4-9,11H,10H2,1-3H3. The van der Waals surface area contributed by atoms with Gasteiger partial charge < -0.3 is 4.74 Å². The molecule has 0 atom stereocenters. The Labute approximate surface area is 97.4 Å². The molecular formula is C15H18O. The molecule has 0 aromatic heterocycles. The van der Waals surface area contributed by atoms with Gasteiger partial charge >= 0.3 is 0 Å². The van der Waals surface area contributed by atoms with Crippen molar-refractivity contribution in [2.75, 3.05) is 6.61 Å². The van der Waals surface area contributed by atoms with Crippen LogP contribution in [0.3, 0.4) is 0 Å². The lowest BCUT2D eigenvalue weighted by Gasteiger charge is -2.20. The van der Waals surface area contributed by atoms with Crippen molar-refractivity contribution in [2.45, 2.75) is 26.2 Å². The maximum absolute atomic E-state index is 5.61. The van der Waals surface area contributed by atoms with Gasteiger partial charge in [-0.1, -0.05) is 45.0 Å². The van der Waals surface area contributed by atoms with Crippen LogP contribution in [0.25, 0.3) is 5.76 Å². The van der Waals surface area contributed by atoms with E-state index in [2.05, 4.69) is 45.0 Å². The Balaban J connectivity index is 2.36. The predicted molar refractivity (Wildman–Crippen MR) is 68.2 cm³/mol. The second kappa shape index (κ2) is 4.17. The van der Waals surface area contributed by atoms with Gasteiger partial charge in [0.25, 0.3) is 0 Å². The average molecular weight is 214 g/mol. The molecule has 1 heteroatoms. The molecule has 1 heterocycles. The Hall–Kier alpha value is -1.50. The SMILES string of the molecule is CC(C)(C)c1cccc(C2=CC=CCO2)c1. The fourth-order valence-electron chi connectivity index (χ4n) is 1.72. The molecular weight excluding hydrogens is 196 g/mol. The summed E-state index contributed by atoms with van der Waals surface area (Å²) in [5.74, 6) is 0.966. The lowest BCUT2D eigenvalue weighted by Crippen LogP contribution is -2.11. The van der Waals surface area contributed by atoms with E-state index in [0.717, 1.165) is 11.3 Å². The van der Waals surface area contributed by atoms with Gasteiger partial charge in [0.2, 0.25) is 0 Å². The highest BCUT2D eigenvalue weighted by molar-refractivity contribution is 5.63. The predicted octanol–water partition coefficient (Wildman–Crippen LogP) is 3.91. The highest BCUT2D eigenvalue weighted by Gasteiger charge is 2.14. The zero-order valence-electron chi connectivity index (χ0n) is 10.2. The van der Waals surface area contributed by atoms with Crippen molar-refractivity contribution in [2.24, 2.45) is 0 Å². The van der Waals surface area contributed by atoms with Gasteiger partial charge in [-0.25, -0.2) is 0 Å². The van der Waals surface area contributed by atoms with E-state index >= 15 is 0 Å². The molecule has 0 unspecified atom stereocenters. The van der Waals surface area contributed by atoms with Crippen molar-refractivity contribution < 1.29 is 4.74 Å². The van der Waals surface area contributed by atoms with Gasteiger partial charge in [0.15, 0.2) is 0 Å². The van der Waals surface area contributed by atoms with Crippen LogP contribution >= 0.6 is 0 Å². The van der Waals surface area contributed by atoms with Crippen LogP contribution in [-0.2, 0) is 10.2 Å². The van der Waals surface area contributed by atoms with Crippen LogP contribution in [-0.4, -0.2) is 6.61 Å². The zero-order valence-corrected chi connectivity index (χ0v) is 10.2. The molecule has 0 aliphatic carbocycles. The van der Waals surface area contributed by atoms with E-state index < -0.39 is 0 Å². The van der Waals surface area contributed by atoms with Gasteiger partial charge in [-0.05, 0) is 29.2 Å². The molecule has 2 rings (SSSR count). The fraction of sp³-hybridized carbons (Fsp3) is 0.333. The average Bonchev–Trinajstić information content (AvgIpc) is 2.29. The second-order valence-corrected chi connectivity index (χ2v) is 5.10. The van der Waals surface area contributed by atoms with E-state index in [1.54, 1.807) is 0 Å². The maximum atomic E-state index is 5.61. The van der Waals surface area contributed by atoms with Gasteiger partial charge in [0.1, 0.15) is 12.4 Å². The number of hydrogen-bond donors (Lipinski definition) is 0. The smallest absolute Gasteiger partial charge is 0.126 e. The first kappa shape index (κ1) is 11.0. The Kier molecular flexibility index (Phi) is 2.86. The Bertz CT molecular complexity index is 433. The summed E-state index contributed by atoms with van der Waals surface area (Å²) in [6, 6.07) is 8.58. The normalized spacial score (nSPS) is 15.6. The third kappa shape index (κ3) is 2.35. The molecule has 1 aliphatic rings. The van der Waals surface area contributed by atoms with Crippen LogP contribution in [0.4, 0.5) is 0 Å². The van der Waals surface area contributed by atoms with Crippen LogP contribution in [0.1, 0.15) is 31.9 Å². The van der Waals surface area contributed by atoms with Crippen LogP contribution in [0.5, 0.6) is 0 Å². The Morgan fingerprint density at radius 2 is 2.00 bits per heavy atom. The first-order valence-corrected chi connectivity index (χ1v) is 5.68. The molecule has 1 aromatic rings. The summed E-state index contributed by atoms with van der Waals surface area (Å²) >= 11 is 0. The lowest BCUT2D eigenvalue weighted by atomic mass is 9.86. The highest BCUT2D eigenvalue weighted by Crippen LogP contribution is 2.26. The number of hydrogen-bond acceptors (Lipinski definition) is 1. The fourth-order valence-corrected chi connectivity index (χ4v) is 1.72. The quantitative estimate of drug-likeness (QED) is 0.688. The van der Waals surface area contributed by atoms with Gasteiger partial charge in [-0.3, -0.25) is 0 Å². The Morgan fingerprint density at radius 1 is 1.19 bits per heavy atom. The molecule has 84 valence electrons. The van der Waals surface area contributed by atoms with Crippen molar-refractivity contribution in [3.05, 3.63) is 53.6 Å². The first-order valence-electron chi connectivity index (χ1n) is 5.68. The molecule has 0 bridgehead atoms. The molecule has 16 heavy (non-hydrogen) atoms. The van der Waals surface area contributed by atoms with E-state index in [1.807, 2.05) is 18.2 Å². The van der Waals surface area contributed by atoms with Gasteiger partial charge in [0.05, 0.1) is 0 Å². The number of rotatable bonds is 1. The van der Waals surface area contributed by atoms with Gasteiger partial charge in [-0.2, -0.15) is 0 Å². The lowest BCUT2D eigenvalue weighted by molar-refractivity contribution is 0.316. The molecule has 0 spiro atoms. The van der Waals surface area contributed by atoms with Crippen LogP contribution in [0, 0.1) is 0 Å². The summed E-state index contributed by atoms with van der Waals surface area (Å²) in [4.78, 5) is 0. The van der Waals surface area contributed by atoms with Crippen molar-refractivity contribution in [1.82, 2.24) is 0 Å².